The number of anilines is 2. The van der Waals surface area contributed by atoms with Crippen LogP contribution in [0, 0.1) is 0 Å². The maximum atomic E-state index is 4.32. The first-order valence-electron chi connectivity index (χ1n) is 6.29. The molecule has 2 aromatic rings. The van der Waals surface area contributed by atoms with Crippen molar-refractivity contribution in [2.75, 3.05) is 38.3 Å². The quantitative estimate of drug-likeness (QED) is 0.753. The highest BCUT2D eigenvalue weighted by atomic mass is 15.4. The summed E-state index contributed by atoms with van der Waals surface area (Å²) in [5.74, 6) is 1.40. The highest BCUT2D eigenvalue weighted by molar-refractivity contribution is 5.37. The summed E-state index contributed by atoms with van der Waals surface area (Å²) in [6, 6.07) is 0.361. The third-order valence-electron chi connectivity index (χ3n) is 2.91. The lowest BCUT2D eigenvalue weighted by Crippen LogP contribution is -2.32. The third-order valence-corrected chi connectivity index (χ3v) is 2.91. The predicted octanol–water partition coefficient (Wildman–Crippen LogP) is -0.144. The zero-order valence-corrected chi connectivity index (χ0v) is 12.1. The average Bonchev–Trinajstić information content (AvgIpc) is 2.98. The van der Waals surface area contributed by atoms with Crippen molar-refractivity contribution in [2.24, 2.45) is 0 Å². The molecule has 2 heterocycles. The molecule has 0 radical (unpaired) electrons. The van der Waals surface area contributed by atoms with E-state index in [0.717, 1.165) is 6.54 Å². The molecule has 9 heteroatoms. The Balaban J connectivity index is 2.18. The van der Waals surface area contributed by atoms with Crippen LogP contribution >= 0.6 is 0 Å². The molecule has 1 unspecified atom stereocenters. The van der Waals surface area contributed by atoms with Crippen molar-refractivity contribution in [1.82, 2.24) is 34.6 Å². The number of hydrogen-bond donors (Lipinski definition) is 2. The predicted molar refractivity (Wildman–Crippen MR) is 75.9 cm³/mol. The van der Waals surface area contributed by atoms with Crippen LogP contribution in [0.2, 0.25) is 0 Å². The summed E-state index contributed by atoms with van der Waals surface area (Å²) < 4.78 is 1.49. The van der Waals surface area contributed by atoms with Gasteiger partial charge in [0, 0.05) is 19.6 Å². The van der Waals surface area contributed by atoms with Crippen LogP contribution in [0.15, 0.2) is 12.7 Å². The first kappa shape index (κ1) is 14.1. The zero-order valence-electron chi connectivity index (χ0n) is 12.1. The molecule has 0 bridgehead atoms. The zero-order chi connectivity index (χ0) is 14.5. The van der Waals surface area contributed by atoms with Crippen LogP contribution in [0.25, 0.3) is 5.95 Å². The molecule has 0 aromatic carbocycles. The van der Waals surface area contributed by atoms with Gasteiger partial charge in [-0.15, -0.1) is 0 Å². The van der Waals surface area contributed by atoms with Crippen LogP contribution in [0.5, 0.6) is 0 Å². The van der Waals surface area contributed by atoms with E-state index in [1.165, 1.54) is 11.0 Å². The molecule has 9 nitrogen and oxygen atoms in total. The molecular formula is C11H19N9. The van der Waals surface area contributed by atoms with Gasteiger partial charge >= 0.3 is 0 Å². The van der Waals surface area contributed by atoms with Gasteiger partial charge in [0.25, 0.3) is 5.95 Å². The largest absolute Gasteiger partial charge is 0.357 e. The SMILES string of the molecule is CNc1nc(NCC(C)N(C)C)nc(-n2cncn2)n1. The van der Waals surface area contributed by atoms with Crippen LogP contribution in [0.4, 0.5) is 11.9 Å². The minimum atomic E-state index is 0.361. The Kier molecular flexibility index (Phi) is 4.41. The average molecular weight is 277 g/mol. The summed E-state index contributed by atoms with van der Waals surface area (Å²) in [6.07, 6.45) is 2.98. The summed E-state index contributed by atoms with van der Waals surface area (Å²) in [7, 11) is 5.81. The Morgan fingerprint density at radius 1 is 1.25 bits per heavy atom. The van der Waals surface area contributed by atoms with E-state index in [4.69, 9.17) is 0 Å². The highest BCUT2D eigenvalue weighted by Crippen LogP contribution is 2.08. The lowest BCUT2D eigenvalue weighted by Gasteiger charge is -2.20. The van der Waals surface area contributed by atoms with E-state index in [2.05, 4.69) is 47.5 Å². The van der Waals surface area contributed by atoms with Gasteiger partial charge in [-0.25, -0.2) is 4.98 Å². The van der Waals surface area contributed by atoms with E-state index in [0.29, 0.717) is 23.9 Å². The maximum Gasteiger partial charge on any atom is 0.258 e. The van der Waals surface area contributed by atoms with Crippen molar-refractivity contribution in [1.29, 1.82) is 0 Å². The second kappa shape index (κ2) is 6.24. The van der Waals surface area contributed by atoms with E-state index in [-0.39, 0.29) is 0 Å². The Morgan fingerprint density at radius 2 is 2.00 bits per heavy atom. The van der Waals surface area contributed by atoms with E-state index in [9.17, 15) is 0 Å². The molecule has 2 N–H and O–H groups in total. The Bertz CT molecular complexity index is 537. The van der Waals surface area contributed by atoms with Crippen LogP contribution in [0.3, 0.4) is 0 Å². The second-order valence-corrected chi connectivity index (χ2v) is 4.57. The molecule has 0 amide bonds. The minimum absolute atomic E-state index is 0.361. The molecule has 0 fully saturated rings. The summed E-state index contributed by atoms with van der Waals surface area (Å²) in [4.78, 5) is 18.8. The van der Waals surface area contributed by atoms with Gasteiger partial charge in [-0.1, -0.05) is 0 Å². The first-order chi connectivity index (χ1) is 9.60. The van der Waals surface area contributed by atoms with Crippen LogP contribution < -0.4 is 10.6 Å². The maximum absolute atomic E-state index is 4.32. The van der Waals surface area contributed by atoms with Gasteiger partial charge in [0.15, 0.2) is 0 Å². The molecule has 20 heavy (non-hydrogen) atoms. The molecule has 1 atom stereocenters. The summed E-state index contributed by atoms with van der Waals surface area (Å²) in [5, 5.41) is 10.1. The Hall–Kier alpha value is -2.29. The van der Waals surface area contributed by atoms with Crippen molar-refractivity contribution < 1.29 is 0 Å². The van der Waals surface area contributed by atoms with Crippen molar-refractivity contribution >= 4 is 11.9 Å². The van der Waals surface area contributed by atoms with E-state index >= 15 is 0 Å². The van der Waals surface area contributed by atoms with Gasteiger partial charge in [-0.2, -0.15) is 24.7 Å². The molecule has 2 aromatic heterocycles. The standard InChI is InChI=1S/C11H19N9/c1-8(19(3)4)5-14-10-16-9(12-2)17-11(18-10)20-7-13-6-15-20/h6-8H,5H2,1-4H3,(H2,12,14,16,17,18). The fourth-order valence-electron chi connectivity index (χ4n) is 1.39. The van der Waals surface area contributed by atoms with E-state index in [1.54, 1.807) is 13.4 Å². The Labute approximate surface area is 117 Å². The van der Waals surface area contributed by atoms with Gasteiger partial charge < -0.3 is 15.5 Å². The first-order valence-corrected chi connectivity index (χ1v) is 6.29. The lowest BCUT2D eigenvalue weighted by atomic mass is 10.3. The van der Waals surface area contributed by atoms with Crippen molar-refractivity contribution in [3.05, 3.63) is 12.7 Å². The molecule has 0 saturated carbocycles. The molecule has 0 aliphatic rings. The number of rotatable bonds is 6. The number of aromatic nitrogens is 6. The van der Waals surface area contributed by atoms with Crippen LogP contribution in [-0.2, 0) is 0 Å². The van der Waals surface area contributed by atoms with Crippen LogP contribution in [-0.4, -0.2) is 68.3 Å². The minimum Gasteiger partial charge on any atom is -0.357 e. The van der Waals surface area contributed by atoms with Crippen LogP contribution in [0.1, 0.15) is 6.92 Å². The molecule has 0 aliphatic heterocycles. The van der Waals surface area contributed by atoms with Crippen molar-refractivity contribution in [3.8, 4) is 5.95 Å². The van der Waals surface area contributed by atoms with Gasteiger partial charge in [0.05, 0.1) is 0 Å². The van der Waals surface area contributed by atoms with Gasteiger partial charge in [0.1, 0.15) is 12.7 Å². The Morgan fingerprint density at radius 3 is 2.60 bits per heavy atom. The van der Waals surface area contributed by atoms with Crippen molar-refractivity contribution in [2.45, 2.75) is 13.0 Å². The number of likely N-dealkylation sites (N-methyl/N-ethyl adjacent to an activating group) is 1. The molecule has 0 saturated heterocycles. The number of hydrogen-bond acceptors (Lipinski definition) is 8. The fourth-order valence-corrected chi connectivity index (χ4v) is 1.39. The normalized spacial score (nSPS) is 12.4. The highest BCUT2D eigenvalue weighted by Gasteiger charge is 2.10. The third kappa shape index (κ3) is 3.38. The lowest BCUT2D eigenvalue weighted by molar-refractivity contribution is 0.325. The second-order valence-electron chi connectivity index (χ2n) is 4.57. The summed E-state index contributed by atoms with van der Waals surface area (Å²) in [5.41, 5.74) is 0. The summed E-state index contributed by atoms with van der Waals surface area (Å²) in [6.45, 7) is 2.85. The number of nitrogens with one attached hydrogen (secondary N) is 2. The molecule has 108 valence electrons. The van der Waals surface area contributed by atoms with Gasteiger partial charge in [-0.05, 0) is 21.0 Å². The fraction of sp³-hybridized carbons (Fsp3) is 0.545. The van der Waals surface area contributed by atoms with E-state index in [1.807, 2.05) is 14.1 Å². The molecular weight excluding hydrogens is 258 g/mol. The van der Waals surface area contributed by atoms with Gasteiger partial charge in [0.2, 0.25) is 11.9 Å². The molecule has 0 spiro atoms. The number of nitrogens with zero attached hydrogens (tertiary/aromatic N) is 7. The summed E-state index contributed by atoms with van der Waals surface area (Å²) >= 11 is 0. The van der Waals surface area contributed by atoms with E-state index < -0.39 is 0 Å². The monoisotopic (exact) mass is 277 g/mol. The topological polar surface area (TPSA) is 96.7 Å². The molecule has 0 aliphatic carbocycles. The van der Waals surface area contributed by atoms with Gasteiger partial charge in [-0.3, -0.25) is 0 Å². The molecule has 2 rings (SSSR count). The van der Waals surface area contributed by atoms with Crippen molar-refractivity contribution in [3.63, 3.8) is 0 Å². The smallest absolute Gasteiger partial charge is 0.258 e.